The minimum Gasteiger partial charge on any atom is -0.454 e. The van der Waals surface area contributed by atoms with Gasteiger partial charge in [-0.25, -0.2) is 0 Å². The van der Waals surface area contributed by atoms with Crippen molar-refractivity contribution in [1.82, 2.24) is 5.32 Å². The quantitative estimate of drug-likeness (QED) is 0.405. The van der Waals surface area contributed by atoms with Gasteiger partial charge in [-0.15, -0.1) is 0 Å². The molecule has 192 valence electrons. The van der Waals surface area contributed by atoms with Gasteiger partial charge in [0.05, 0.1) is 5.41 Å². The zero-order valence-corrected chi connectivity index (χ0v) is 21.9. The molecule has 6 heteroatoms. The van der Waals surface area contributed by atoms with E-state index in [-0.39, 0.29) is 24.0 Å². The van der Waals surface area contributed by atoms with Crippen LogP contribution in [0.5, 0.6) is 11.5 Å². The molecule has 6 nitrogen and oxygen atoms in total. The molecular formula is C31H34N2O4. The number of rotatable bonds is 7. The van der Waals surface area contributed by atoms with E-state index in [1.54, 1.807) is 0 Å². The van der Waals surface area contributed by atoms with E-state index in [0.29, 0.717) is 17.9 Å². The van der Waals surface area contributed by atoms with Crippen LogP contribution >= 0.6 is 0 Å². The summed E-state index contributed by atoms with van der Waals surface area (Å²) in [4.78, 5) is 25.9. The number of hydrogen-bond acceptors (Lipinski definition) is 4. The van der Waals surface area contributed by atoms with Gasteiger partial charge in [0.15, 0.2) is 11.5 Å². The van der Waals surface area contributed by atoms with Crippen molar-refractivity contribution in [2.75, 3.05) is 18.7 Å². The van der Waals surface area contributed by atoms with Crippen LogP contribution in [0, 0.1) is 12.3 Å². The maximum absolute atomic E-state index is 13.4. The van der Waals surface area contributed by atoms with E-state index in [9.17, 15) is 9.59 Å². The predicted octanol–water partition coefficient (Wildman–Crippen LogP) is 6.23. The van der Waals surface area contributed by atoms with Crippen molar-refractivity contribution in [3.8, 4) is 22.6 Å². The third kappa shape index (κ3) is 5.33. The molecule has 0 radical (unpaired) electrons. The Labute approximate surface area is 218 Å². The van der Waals surface area contributed by atoms with Gasteiger partial charge in [0, 0.05) is 17.8 Å². The summed E-state index contributed by atoms with van der Waals surface area (Å²) in [5, 5.41) is 6.14. The minimum atomic E-state index is -0.534. The highest BCUT2D eigenvalue weighted by molar-refractivity contribution is 6.02. The number of hydrogen-bond donors (Lipinski definition) is 2. The summed E-state index contributed by atoms with van der Waals surface area (Å²) in [5.74, 6) is 1.34. The lowest BCUT2D eigenvalue weighted by molar-refractivity contribution is -0.118. The second-order valence-electron chi connectivity index (χ2n) is 11.3. The average molecular weight is 499 g/mol. The zero-order valence-electron chi connectivity index (χ0n) is 21.9. The Morgan fingerprint density at radius 3 is 2.35 bits per heavy atom. The predicted molar refractivity (Wildman–Crippen MR) is 145 cm³/mol. The fourth-order valence-electron chi connectivity index (χ4n) is 4.68. The van der Waals surface area contributed by atoms with Crippen molar-refractivity contribution in [2.24, 2.45) is 5.41 Å². The Morgan fingerprint density at radius 1 is 0.919 bits per heavy atom. The van der Waals surface area contributed by atoms with Crippen molar-refractivity contribution >= 4 is 17.5 Å². The molecule has 3 aromatic carbocycles. The molecule has 0 atom stereocenters. The van der Waals surface area contributed by atoms with Crippen LogP contribution in [0.3, 0.4) is 0 Å². The highest BCUT2D eigenvalue weighted by Crippen LogP contribution is 2.51. The summed E-state index contributed by atoms with van der Waals surface area (Å²) >= 11 is 0. The van der Waals surface area contributed by atoms with Crippen molar-refractivity contribution in [3.63, 3.8) is 0 Å². The Hall–Kier alpha value is -3.80. The number of amides is 2. The normalized spacial score (nSPS) is 15.2. The molecule has 2 aliphatic rings. The first-order valence-corrected chi connectivity index (χ1v) is 12.9. The molecule has 0 aromatic heterocycles. The van der Waals surface area contributed by atoms with Gasteiger partial charge in [0.1, 0.15) is 0 Å². The summed E-state index contributed by atoms with van der Waals surface area (Å²) in [6, 6.07) is 19.3. The first kappa shape index (κ1) is 24.9. The molecule has 5 rings (SSSR count). The Balaban J connectivity index is 1.28. The van der Waals surface area contributed by atoms with Crippen LogP contribution in [0.4, 0.5) is 5.69 Å². The SMILES string of the molecule is Cc1ccc(NC(=O)C2(c3ccc4c(c3)OCO4)CC2)cc1-c1ccc(C(=O)NCCC(C)(C)C)cc1. The lowest BCUT2D eigenvalue weighted by Crippen LogP contribution is -2.27. The van der Waals surface area contributed by atoms with Crippen molar-refractivity contribution < 1.29 is 19.1 Å². The number of benzene rings is 3. The van der Waals surface area contributed by atoms with Crippen molar-refractivity contribution in [1.29, 1.82) is 0 Å². The van der Waals surface area contributed by atoms with Crippen LogP contribution in [-0.4, -0.2) is 25.2 Å². The minimum absolute atomic E-state index is 0.0107. The van der Waals surface area contributed by atoms with Crippen LogP contribution in [0.15, 0.2) is 60.7 Å². The molecule has 3 aromatic rings. The van der Waals surface area contributed by atoms with Gasteiger partial charge in [-0.2, -0.15) is 0 Å². The molecular weight excluding hydrogens is 464 g/mol. The second kappa shape index (κ2) is 9.58. The Kier molecular flexibility index (Phi) is 6.44. The summed E-state index contributed by atoms with van der Waals surface area (Å²) in [6.07, 6.45) is 2.53. The number of anilines is 1. The number of ether oxygens (including phenoxy) is 2. The van der Waals surface area contributed by atoms with Crippen LogP contribution in [0.1, 0.15) is 61.5 Å². The third-order valence-corrected chi connectivity index (χ3v) is 7.22. The van der Waals surface area contributed by atoms with Gasteiger partial charge >= 0.3 is 0 Å². The highest BCUT2D eigenvalue weighted by atomic mass is 16.7. The smallest absolute Gasteiger partial charge is 0.251 e. The summed E-state index contributed by atoms with van der Waals surface area (Å²) < 4.78 is 10.9. The molecule has 1 fully saturated rings. The standard InChI is InChI=1S/C31H34N2O4/c1-20-5-11-24(33-29(35)31(13-14-31)23-10-12-26-27(17-23)37-19-36-26)18-25(20)21-6-8-22(9-7-21)28(34)32-16-15-30(2,3)4/h5-12,17-18H,13-16,19H2,1-4H3,(H,32,34)(H,33,35). The molecule has 37 heavy (non-hydrogen) atoms. The monoisotopic (exact) mass is 498 g/mol. The van der Waals surface area contributed by atoms with Crippen LogP contribution in [-0.2, 0) is 10.2 Å². The first-order valence-electron chi connectivity index (χ1n) is 12.9. The van der Waals surface area contributed by atoms with E-state index < -0.39 is 5.41 Å². The number of fused-ring (bicyclic) bond motifs is 1. The van der Waals surface area contributed by atoms with Gasteiger partial charge in [0.2, 0.25) is 12.7 Å². The fourth-order valence-corrected chi connectivity index (χ4v) is 4.68. The van der Waals surface area contributed by atoms with E-state index in [4.69, 9.17) is 9.47 Å². The first-order chi connectivity index (χ1) is 17.6. The van der Waals surface area contributed by atoms with Gasteiger partial charge in [0.25, 0.3) is 5.91 Å². The maximum atomic E-state index is 13.4. The molecule has 1 heterocycles. The molecule has 0 spiro atoms. The van der Waals surface area contributed by atoms with Crippen LogP contribution < -0.4 is 20.1 Å². The molecule has 0 unspecified atom stereocenters. The van der Waals surface area contributed by atoms with E-state index in [0.717, 1.165) is 53.0 Å². The zero-order chi connectivity index (χ0) is 26.2. The second-order valence-corrected chi connectivity index (χ2v) is 11.3. The fraction of sp³-hybridized carbons (Fsp3) is 0.355. The van der Waals surface area contributed by atoms with E-state index in [1.165, 1.54) is 0 Å². The number of aryl methyl sites for hydroxylation is 1. The van der Waals surface area contributed by atoms with Gasteiger partial charge in [-0.05, 0) is 90.3 Å². The van der Waals surface area contributed by atoms with Gasteiger partial charge < -0.3 is 20.1 Å². The van der Waals surface area contributed by atoms with Gasteiger partial charge in [-0.3, -0.25) is 9.59 Å². The molecule has 1 aliphatic heterocycles. The molecule has 0 saturated heterocycles. The lowest BCUT2D eigenvalue weighted by atomic mass is 9.92. The van der Waals surface area contributed by atoms with Crippen molar-refractivity contribution in [3.05, 3.63) is 77.4 Å². The maximum Gasteiger partial charge on any atom is 0.251 e. The topological polar surface area (TPSA) is 76.7 Å². The van der Waals surface area contributed by atoms with Crippen LogP contribution in [0.25, 0.3) is 11.1 Å². The molecule has 2 N–H and O–H groups in total. The molecule has 1 aliphatic carbocycles. The van der Waals surface area contributed by atoms with Crippen LogP contribution in [0.2, 0.25) is 0 Å². The van der Waals surface area contributed by atoms with E-state index in [1.807, 2.05) is 67.6 Å². The van der Waals surface area contributed by atoms with Gasteiger partial charge in [-0.1, -0.05) is 45.0 Å². The van der Waals surface area contributed by atoms with E-state index in [2.05, 4.69) is 31.4 Å². The molecule has 0 bridgehead atoms. The molecule has 1 saturated carbocycles. The highest BCUT2D eigenvalue weighted by Gasteiger charge is 2.51. The Morgan fingerprint density at radius 2 is 1.65 bits per heavy atom. The Bertz CT molecular complexity index is 1330. The lowest BCUT2D eigenvalue weighted by Gasteiger charge is -2.18. The average Bonchev–Trinajstić information content (AvgIpc) is 3.55. The summed E-state index contributed by atoms with van der Waals surface area (Å²) in [6.45, 7) is 9.40. The summed E-state index contributed by atoms with van der Waals surface area (Å²) in [5.41, 5.74) is 5.10. The van der Waals surface area contributed by atoms with Crippen molar-refractivity contribution in [2.45, 2.75) is 52.4 Å². The molecule has 2 amide bonds. The number of carbonyl (C=O) groups is 2. The number of carbonyl (C=O) groups excluding carboxylic acids is 2. The van der Waals surface area contributed by atoms with E-state index >= 15 is 0 Å². The number of nitrogens with one attached hydrogen (secondary N) is 2. The largest absolute Gasteiger partial charge is 0.454 e. The third-order valence-electron chi connectivity index (χ3n) is 7.22. The summed E-state index contributed by atoms with van der Waals surface area (Å²) in [7, 11) is 0.